The molecule has 8 heteroatoms. The van der Waals surface area contributed by atoms with Gasteiger partial charge in [-0.1, -0.05) is 0 Å². The summed E-state index contributed by atoms with van der Waals surface area (Å²) in [6, 6.07) is 4.06. The van der Waals surface area contributed by atoms with Crippen molar-refractivity contribution >= 4 is 5.82 Å². The highest BCUT2D eigenvalue weighted by Crippen LogP contribution is 2.28. The van der Waals surface area contributed by atoms with Gasteiger partial charge in [0.15, 0.2) is 11.6 Å². The lowest BCUT2D eigenvalue weighted by Crippen LogP contribution is -2.34. The summed E-state index contributed by atoms with van der Waals surface area (Å²) < 4.78 is 4.14. The molecule has 1 aliphatic rings. The van der Waals surface area contributed by atoms with Crippen LogP contribution >= 0.6 is 0 Å². The predicted molar refractivity (Wildman–Crippen MR) is 93.3 cm³/mol. The molecule has 0 aromatic carbocycles. The lowest BCUT2D eigenvalue weighted by molar-refractivity contribution is 0.469. The minimum atomic E-state index is 0.434. The van der Waals surface area contributed by atoms with Gasteiger partial charge in [-0.2, -0.15) is 5.10 Å². The SMILES string of the molecule is Cc1ccc(N2CCC(c3nnc(Cn4ccnc4)n3C)CC2)nn1. The topological polar surface area (TPSA) is 77.5 Å². The quantitative estimate of drug-likeness (QED) is 0.718. The summed E-state index contributed by atoms with van der Waals surface area (Å²) in [4.78, 5) is 6.37. The van der Waals surface area contributed by atoms with Crippen LogP contribution in [0.25, 0.3) is 0 Å². The van der Waals surface area contributed by atoms with E-state index >= 15 is 0 Å². The molecular formula is C17H22N8. The Kier molecular flexibility index (Phi) is 4.17. The van der Waals surface area contributed by atoms with E-state index in [0.717, 1.165) is 49.1 Å². The zero-order valence-corrected chi connectivity index (χ0v) is 14.6. The molecule has 130 valence electrons. The average Bonchev–Trinajstić information content (AvgIpc) is 3.27. The van der Waals surface area contributed by atoms with E-state index in [1.807, 2.05) is 29.8 Å². The number of nitrogens with zero attached hydrogens (tertiary/aromatic N) is 8. The molecule has 0 aliphatic carbocycles. The standard InChI is InChI=1S/C17H22N8/c1-13-3-4-15(20-19-13)25-8-5-14(6-9-25)17-22-21-16(23(17)2)11-24-10-7-18-12-24/h3-4,7,10,12,14H,5-6,8-9,11H2,1-2H3. The summed E-state index contributed by atoms with van der Waals surface area (Å²) in [5.41, 5.74) is 0.947. The number of imidazole rings is 1. The molecule has 1 aliphatic heterocycles. The Bertz CT molecular complexity index is 813. The van der Waals surface area contributed by atoms with E-state index in [0.29, 0.717) is 12.5 Å². The van der Waals surface area contributed by atoms with Crippen LogP contribution in [0.1, 0.15) is 36.1 Å². The Hall–Kier alpha value is -2.77. The van der Waals surface area contributed by atoms with Crippen LogP contribution in [0.3, 0.4) is 0 Å². The number of piperidine rings is 1. The van der Waals surface area contributed by atoms with E-state index in [2.05, 4.69) is 41.9 Å². The van der Waals surface area contributed by atoms with E-state index in [1.54, 1.807) is 12.5 Å². The first kappa shape index (κ1) is 15.7. The fraction of sp³-hybridized carbons (Fsp3) is 0.471. The molecular weight excluding hydrogens is 316 g/mol. The molecule has 4 rings (SSSR count). The molecule has 0 amide bonds. The Morgan fingerprint density at radius 1 is 1.08 bits per heavy atom. The van der Waals surface area contributed by atoms with Gasteiger partial charge in [0.2, 0.25) is 0 Å². The van der Waals surface area contributed by atoms with Crippen molar-refractivity contribution in [2.45, 2.75) is 32.2 Å². The smallest absolute Gasteiger partial charge is 0.152 e. The second-order valence-corrected chi connectivity index (χ2v) is 6.56. The number of aromatic nitrogens is 7. The maximum Gasteiger partial charge on any atom is 0.152 e. The van der Waals surface area contributed by atoms with E-state index in [9.17, 15) is 0 Å². The molecule has 0 saturated carbocycles. The van der Waals surface area contributed by atoms with Gasteiger partial charge in [0, 0.05) is 38.4 Å². The minimum Gasteiger partial charge on any atom is -0.355 e. The number of rotatable bonds is 4. The van der Waals surface area contributed by atoms with Crippen LogP contribution in [0.5, 0.6) is 0 Å². The summed E-state index contributed by atoms with van der Waals surface area (Å²) in [6.45, 7) is 4.58. The summed E-state index contributed by atoms with van der Waals surface area (Å²) >= 11 is 0. The number of aryl methyl sites for hydroxylation is 1. The van der Waals surface area contributed by atoms with Gasteiger partial charge >= 0.3 is 0 Å². The molecule has 3 aromatic heterocycles. The first-order chi connectivity index (χ1) is 12.2. The van der Waals surface area contributed by atoms with Crippen LogP contribution in [-0.4, -0.2) is 47.6 Å². The van der Waals surface area contributed by atoms with Gasteiger partial charge < -0.3 is 14.0 Å². The van der Waals surface area contributed by atoms with Crippen molar-refractivity contribution < 1.29 is 0 Å². The van der Waals surface area contributed by atoms with Gasteiger partial charge in [0.05, 0.1) is 18.6 Å². The average molecular weight is 338 g/mol. The first-order valence-electron chi connectivity index (χ1n) is 8.60. The van der Waals surface area contributed by atoms with Crippen LogP contribution in [0.4, 0.5) is 5.82 Å². The number of anilines is 1. The Morgan fingerprint density at radius 2 is 1.92 bits per heavy atom. The zero-order chi connectivity index (χ0) is 17.2. The fourth-order valence-electron chi connectivity index (χ4n) is 3.34. The minimum absolute atomic E-state index is 0.434. The second-order valence-electron chi connectivity index (χ2n) is 6.56. The van der Waals surface area contributed by atoms with Crippen LogP contribution in [-0.2, 0) is 13.6 Å². The highest BCUT2D eigenvalue weighted by atomic mass is 15.3. The van der Waals surface area contributed by atoms with Gasteiger partial charge in [0.25, 0.3) is 0 Å². The summed E-state index contributed by atoms with van der Waals surface area (Å²) in [7, 11) is 2.05. The molecule has 0 N–H and O–H groups in total. The van der Waals surface area contributed by atoms with Crippen LogP contribution in [0.15, 0.2) is 30.9 Å². The maximum atomic E-state index is 4.46. The van der Waals surface area contributed by atoms with Crippen LogP contribution < -0.4 is 4.90 Å². The monoisotopic (exact) mass is 338 g/mol. The summed E-state index contributed by atoms with van der Waals surface area (Å²) in [6.07, 6.45) is 7.62. The molecule has 0 radical (unpaired) electrons. The van der Waals surface area contributed by atoms with Gasteiger partial charge in [-0.05, 0) is 31.9 Å². The lowest BCUT2D eigenvalue weighted by atomic mass is 9.96. The fourth-order valence-corrected chi connectivity index (χ4v) is 3.34. The zero-order valence-electron chi connectivity index (χ0n) is 14.6. The molecule has 8 nitrogen and oxygen atoms in total. The van der Waals surface area contributed by atoms with Crippen LogP contribution in [0, 0.1) is 6.92 Å². The Labute approximate surface area is 146 Å². The lowest BCUT2D eigenvalue weighted by Gasteiger charge is -2.32. The third-order valence-corrected chi connectivity index (χ3v) is 4.85. The molecule has 0 unspecified atom stereocenters. The molecule has 4 heterocycles. The summed E-state index contributed by atoms with van der Waals surface area (Å²) in [5, 5.41) is 17.3. The highest BCUT2D eigenvalue weighted by Gasteiger charge is 2.25. The van der Waals surface area contributed by atoms with E-state index < -0.39 is 0 Å². The molecule has 0 atom stereocenters. The van der Waals surface area contributed by atoms with Gasteiger partial charge in [0.1, 0.15) is 5.82 Å². The third kappa shape index (κ3) is 3.24. The van der Waals surface area contributed by atoms with Crippen molar-refractivity contribution in [1.82, 2.24) is 34.5 Å². The number of hydrogen-bond acceptors (Lipinski definition) is 6. The van der Waals surface area contributed by atoms with Crippen molar-refractivity contribution in [3.63, 3.8) is 0 Å². The van der Waals surface area contributed by atoms with Gasteiger partial charge in [-0.25, -0.2) is 4.98 Å². The second kappa shape index (κ2) is 6.62. The largest absolute Gasteiger partial charge is 0.355 e. The normalized spacial score (nSPS) is 15.7. The van der Waals surface area contributed by atoms with Gasteiger partial charge in [-0.3, -0.25) is 0 Å². The maximum absolute atomic E-state index is 4.46. The van der Waals surface area contributed by atoms with E-state index in [1.165, 1.54) is 0 Å². The highest BCUT2D eigenvalue weighted by molar-refractivity contribution is 5.38. The van der Waals surface area contributed by atoms with Crippen LogP contribution in [0.2, 0.25) is 0 Å². The van der Waals surface area contributed by atoms with Crippen molar-refractivity contribution in [3.05, 3.63) is 48.2 Å². The molecule has 1 saturated heterocycles. The van der Waals surface area contributed by atoms with Crippen molar-refractivity contribution in [2.75, 3.05) is 18.0 Å². The molecule has 0 spiro atoms. The van der Waals surface area contributed by atoms with Crippen molar-refractivity contribution in [1.29, 1.82) is 0 Å². The molecule has 3 aromatic rings. The Balaban J connectivity index is 1.42. The first-order valence-corrected chi connectivity index (χ1v) is 8.60. The molecule has 1 fully saturated rings. The number of hydrogen-bond donors (Lipinski definition) is 0. The van der Waals surface area contributed by atoms with E-state index in [4.69, 9.17) is 0 Å². The van der Waals surface area contributed by atoms with Gasteiger partial charge in [-0.15, -0.1) is 15.3 Å². The molecule has 0 bridgehead atoms. The third-order valence-electron chi connectivity index (χ3n) is 4.85. The van der Waals surface area contributed by atoms with E-state index in [-0.39, 0.29) is 0 Å². The Morgan fingerprint density at radius 3 is 2.60 bits per heavy atom. The predicted octanol–water partition coefficient (Wildman–Crippen LogP) is 1.54. The summed E-state index contributed by atoms with van der Waals surface area (Å²) in [5.74, 6) is 3.43. The van der Waals surface area contributed by atoms with Crippen molar-refractivity contribution in [2.24, 2.45) is 7.05 Å². The molecule has 25 heavy (non-hydrogen) atoms. The van der Waals surface area contributed by atoms with Crippen molar-refractivity contribution in [3.8, 4) is 0 Å².